The number of hydrogen-bond acceptors (Lipinski definition) is 3. The lowest BCUT2D eigenvalue weighted by atomic mass is 9.76. The highest BCUT2D eigenvalue weighted by Crippen LogP contribution is 2.32. The lowest BCUT2D eigenvalue weighted by Crippen LogP contribution is -2.37. The Bertz CT molecular complexity index is 594. The third-order valence-electron chi connectivity index (χ3n) is 3.76. The summed E-state index contributed by atoms with van der Waals surface area (Å²) in [4.78, 5) is 0. The van der Waals surface area contributed by atoms with Gasteiger partial charge in [-0.2, -0.15) is 0 Å². The van der Waals surface area contributed by atoms with Crippen LogP contribution in [0.4, 0.5) is 0 Å². The van der Waals surface area contributed by atoms with Crippen LogP contribution >= 0.6 is 11.6 Å². The molecular formula is C17H19ClO3. The average molecular weight is 307 g/mol. The van der Waals surface area contributed by atoms with Crippen molar-refractivity contribution < 1.29 is 14.9 Å². The standard InChI is InChI=1S/C17H19ClO3/c1-21-16-8-3-2-5-13(16)10-17(11-19,12-20)14-6-4-7-15(18)9-14/h2-9,19-20H,10-12H2,1H3. The van der Waals surface area contributed by atoms with Gasteiger partial charge in [0, 0.05) is 10.4 Å². The molecule has 0 amide bonds. The summed E-state index contributed by atoms with van der Waals surface area (Å²) in [6.07, 6.45) is 0.463. The molecule has 21 heavy (non-hydrogen) atoms. The van der Waals surface area contributed by atoms with Crippen molar-refractivity contribution in [3.8, 4) is 5.75 Å². The minimum absolute atomic E-state index is 0.179. The van der Waals surface area contributed by atoms with E-state index in [1.54, 1.807) is 19.2 Å². The molecule has 0 unspecified atom stereocenters. The first-order chi connectivity index (χ1) is 10.1. The van der Waals surface area contributed by atoms with E-state index in [0.29, 0.717) is 11.4 Å². The van der Waals surface area contributed by atoms with E-state index < -0.39 is 5.41 Å². The zero-order chi connectivity index (χ0) is 15.3. The number of aliphatic hydroxyl groups is 2. The van der Waals surface area contributed by atoms with Gasteiger partial charge in [-0.05, 0) is 35.7 Å². The predicted octanol–water partition coefficient (Wildman–Crippen LogP) is 2.81. The molecule has 112 valence electrons. The third-order valence-corrected chi connectivity index (χ3v) is 4.00. The van der Waals surface area contributed by atoms with Gasteiger partial charge >= 0.3 is 0 Å². The highest BCUT2D eigenvalue weighted by Gasteiger charge is 2.32. The first-order valence-corrected chi connectivity index (χ1v) is 7.12. The minimum Gasteiger partial charge on any atom is -0.496 e. The van der Waals surface area contributed by atoms with E-state index >= 15 is 0 Å². The summed E-state index contributed by atoms with van der Waals surface area (Å²) in [5.41, 5.74) is 0.952. The molecule has 0 saturated carbocycles. The molecule has 0 saturated heterocycles. The molecule has 2 aromatic carbocycles. The number of hydrogen-bond donors (Lipinski definition) is 2. The van der Waals surface area contributed by atoms with E-state index in [9.17, 15) is 10.2 Å². The van der Waals surface area contributed by atoms with Gasteiger partial charge < -0.3 is 14.9 Å². The van der Waals surface area contributed by atoms with Gasteiger partial charge in [0.1, 0.15) is 5.75 Å². The maximum atomic E-state index is 9.90. The molecule has 2 rings (SSSR count). The van der Waals surface area contributed by atoms with Crippen LogP contribution < -0.4 is 4.74 Å². The molecule has 0 aliphatic heterocycles. The predicted molar refractivity (Wildman–Crippen MR) is 84.0 cm³/mol. The Hall–Kier alpha value is -1.55. The molecule has 0 aliphatic rings. The lowest BCUT2D eigenvalue weighted by molar-refractivity contribution is 0.115. The van der Waals surface area contributed by atoms with Crippen molar-refractivity contribution in [2.24, 2.45) is 0 Å². The molecular weight excluding hydrogens is 288 g/mol. The Kier molecular flexibility index (Phi) is 5.23. The second-order valence-electron chi connectivity index (χ2n) is 5.10. The quantitative estimate of drug-likeness (QED) is 0.863. The summed E-state index contributed by atoms with van der Waals surface area (Å²) < 4.78 is 5.35. The van der Waals surface area contributed by atoms with Crippen LogP contribution in [0, 0.1) is 0 Å². The zero-order valence-electron chi connectivity index (χ0n) is 11.9. The highest BCUT2D eigenvalue weighted by atomic mass is 35.5. The van der Waals surface area contributed by atoms with E-state index in [2.05, 4.69) is 0 Å². The van der Waals surface area contributed by atoms with Gasteiger partial charge in [0.15, 0.2) is 0 Å². The van der Waals surface area contributed by atoms with Gasteiger partial charge in [-0.3, -0.25) is 0 Å². The van der Waals surface area contributed by atoms with Crippen LogP contribution in [0.15, 0.2) is 48.5 Å². The zero-order valence-corrected chi connectivity index (χ0v) is 12.7. The molecule has 0 aliphatic carbocycles. The Morgan fingerprint density at radius 2 is 1.76 bits per heavy atom. The van der Waals surface area contributed by atoms with Crippen molar-refractivity contribution in [1.82, 2.24) is 0 Å². The van der Waals surface area contributed by atoms with Crippen LogP contribution in [0.5, 0.6) is 5.75 Å². The number of rotatable bonds is 6. The number of para-hydroxylation sites is 1. The van der Waals surface area contributed by atoms with E-state index in [1.165, 1.54) is 0 Å². The smallest absolute Gasteiger partial charge is 0.122 e. The van der Waals surface area contributed by atoms with Crippen molar-refractivity contribution in [1.29, 1.82) is 0 Å². The van der Waals surface area contributed by atoms with Crippen LogP contribution in [-0.2, 0) is 11.8 Å². The van der Waals surface area contributed by atoms with E-state index in [1.807, 2.05) is 36.4 Å². The van der Waals surface area contributed by atoms with Crippen LogP contribution in [0.3, 0.4) is 0 Å². The summed E-state index contributed by atoms with van der Waals surface area (Å²) in [6.45, 7) is -0.357. The average Bonchev–Trinajstić information content (AvgIpc) is 2.53. The number of ether oxygens (including phenoxy) is 1. The fourth-order valence-corrected chi connectivity index (χ4v) is 2.67. The molecule has 0 spiro atoms. The third kappa shape index (κ3) is 3.38. The first-order valence-electron chi connectivity index (χ1n) is 6.75. The molecule has 0 aromatic heterocycles. The van der Waals surface area contributed by atoms with Gasteiger partial charge in [-0.15, -0.1) is 0 Å². The second-order valence-corrected chi connectivity index (χ2v) is 5.53. The van der Waals surface area contributed by atoms with Crippen molar-refractivity contribution in [2.45, 2.75) is 11.8 Å². The fraction of sp³-hybridized carbons (Fsp3) is 0.294. The molecule has 2 N–H and O–H groups in total. The summed E-state index contributed by atoms with van der Waals surface area (Å²) in [5, 5.41) is 20.4. The minimum atomic E-state index is -0.792. The molecule has 0 heterocycles. The maximum Gasteiger partial charge on any atom is 0.122 e. The van der Waals surface area contributed by atoms with E-state index in [-0.39, 0.29) is 13.2 Å². The van der Waals surface area contributed by atoms with E-state index in [0.717, 1.165) is 16.9 Å². The van der Waals surface area contributed by atoms with Gasteiger partial charge in [0.05, 0.1) is 20.3 Å². The topological polar surface area (TPSA) is 49.7 Å². The molecule has 0 radical (unpaired) electrons. The SMILES string of the molecule is COc1ccccc1CC(CO)(CO)c1cccc(Cl)c1. The van der Waals surface area contributed by atoms with E-state index in [4.69, 9.17) is 16.3 Å². The summed E-state index contributed by atoms with van der Waals surface area (Å²) in [7, 11) is 1.61. The Balaban J connectivity index is 2.43. The Morgan fingerprint density at radius 1 is 1.05 bits per heavy atom. The first kappa shape index (κ1) is 15.8. The number of benzene rings is 2. The Labute approximate surface area is 129 Å². The normalized spacial score (nSPS) is 11.4. The van der Waals surface area contributed by atoms with Crippen molar-refractivity contribution >= 4 is 11.6 Å². The van der Waals surface area contributed by atoms with Gasteiger partial charge in [-0.1, -0.05) is 41.9 Å². The number of aliphatic hydroxyl groups excluding tert-OH is 2. The largest absolute Gasteiger partial charge is 0.496 e. The van der Waals surface area contributed by atoms with Gasteiger partial charge in [0.2, 0.25) is 0 Å². The number of halogens is 1. The van der Waals surface area contributed by atoms with Crippen LogP contribution in [0.2, 0.25) is 5.02 Å². The monoisotopic (exact) mass is 306 g/mol. The molecule has 0 atom stereocenters. The fourth-order valence-electron chi connectivity index (χ4n) is 2.48. The van der Waals surface area contributed by atoms with Crippen LogP contribution in [0.25, 0.3) is 0 Å². The summed E-state index contributed by atoms with van der Waals surface area (Å²) >= 11 is 6.04. The second kappa shape index (κ2) is 6.94. The maximum absolute atomic E-state index is 9.90. The summed E-state index contributed by atoms with van der Waals surface area (Å²) in [5.74, 6) is 0.741. The molecule has 2 aromatic rings. The van der Waals surface area contributed by atoms with Crippen molar-refractivity contribution in [3.63, 3.8) is 0 Å². The van der Waals surface area contributed by atoms with Gasteiger partial charge in [0.25, 0.3) is 0 Å². The lowest BCUT2D eigenvalue weighted by Gasteiger charge is -2.31. The highest BCUT2D eigenvalue weighted by molar-refractivity contribution is 6.30. The van der Waals surface area contributed by atoms with Gasteiger partial charge in [-0.25, -0.2) is 0 Å². The van der Waals surface area contributed by atoms with Crippen molar-refractivity contribution in [2.75, 3.05) is 20.3 Å². The molecule has 3 nitrogen and oxygen atoms in total. The summed E-state index contributed by atoms with van der Waals surface area (Å²) in [6, 6.07) is 14.8. The number of methoxy groups -OCH3 is 1. The molecule has 0 fully saturated rings. The van der Waals surface area contributed by atoms with Crippen molar-refractivity contribution in [3.05, 3.63) is 64.7 Å². The Morgan fingerprint density at radius 3 is 2.38 bits per heavy atom. The van der Waals surface area contributed by atoms with Crippen LogP contribution in [-0.4, -0.2) is 30.5 Å². The molecule has 0 bridgehead atoms. The molecule has 4 heteroatoms. The van der Waals surface area contributed by atoms with Crippen LogP contribution in [0.1, 0.15) is 11.1 Å².